The lowest BCUT2D eigenvalue weighted by Gasteiger charge is -2.18. The average Bonchev–Trinajstić information content (AvgIpc) is 2.89. The topological polar surface area (TPSA) is 38.1 Å². The van der Waals surface area contributed by atoms with E-state index in [2.05, 4.69) is 36.3 Å². The van der Waals surface area contributed by atoms with Crippen LogP contribution in [0.25, 0.3) is 0 Å². The third-order valence-corrected chi connectivity index (χ3v) is 3.03. The molecule has 2 rings (SSSR count). The van der Waals surface area contributed by atoms with E-state index in [1.165, 1.54) is 11.1 Å². The van der Waals surface area contributed by atoms with Gasteiger partial charge in [0.25, 0.3) is 0 Å². The lowest BCUT2D eigenvalue weighted by molar-refractivity contribution is 0.499. The summed E-state index contributed by atoms with van der Waals surface area (Å²) in [5.41, 5.74) is 2.40. The number of aromatic nitrogens is 1. The van der Waals surface area contributed by atoms with Crippen LogP contribution >= 0.6 is 0 Å². The highest BCUT2D eigenvalue weighted by atomic mass is 16.3. The van der Waals surface area contributed by atoms with Gasteiger partial charge in [0.15, 0.2) is 0 Å². The van der Waals surface area contributed by atoms with Crippen LogP contribution in [-0.2, 0) is 6.42 Å². The fourth-order valence-electron chi connectivity index (χ4n) is 2.14. The number of hydrogen-bond acceptors (Lipinski definition) is 3. The molecule has 1 atom stereocenters. The first kappa shape index (κ1) is 12.8. The van der Waals surface area contributed by atoms with Gasteiger partial charge in [-0.15, -0.1) is 0 Å². The Balaban J connectivity index is 2.31. The predicted molar refractivity (Wildman–Crippen MR) is 72.5 cm³/mol. The molecule has 0 saturated carbocycles. The second kappa shape index (κ2) is 6.36. The van der Waals surface area contributed by atoms with E-state index in [0.717, 1.165) is 25.1 Å². The van der Waals surface area contributed by atoms with E-state index in [1.54, 1.807) is 12.5 Å². The molecule has 0 radical (unpaired) electrons. The maximum absolute atomic E-state index is 5.54. The zero-order chi connectivity index (χ0) is 12.8. The molecule has 18 heavy (non-hydrogen) atoms. The number of aryl methyl sites for hydroxylation is 1. The van der Waals surface area contributed by atoms with Gasteiger partial charge in [-0.2, -0.15) is 0 Å². The van der Waals surface area contributed by atoms with Crippen molar-refractivity contribution in [1.29, 1.82) is 0 Å². The third-order valence-electron chi connectivity index (χ3n) is 3.03. The molecule has 0 aromatic carbocycles. The summed E-state index contributed by atoms with van der Waals surface area (Å²) in [6.07, 6.45) is 7.50. The van der Waals surface area contributed by atoms with Crippen LogP contribution in [0, 0.1) is 0 Å². The fourth-order valence-corrected chi connectivity index (χ4v) is 2.14. The molecule has 0 saturated heterocycles. The second-order valence-corrected chi connectivity index (χ2v) is 4.33. The highest BCUT2D eigenvalue weighted by Gasteiger charge is 2.18. The smallest absolute Gasteiger partial charge is 0.108 e. The molecule has 96 valence electrons. The molecular formula is C15H20N2O. The summed E-state index contributed by atoms with van der Waals surface area (Å²) < 4.78 is 5.54. The molecule has 0 amide bonds. The average molecular weight is 244 g/mol. The molecule has 0 spiro atoms. The van der Waals surface area contributed by atoms with Crippen LogP contribution in [0.5, 0.6) is 0 Å². The third kappa shape index (κ3) is 2.79. The minimum absolute atomic E-state index is 0.173. The van der Waals surface area contributed by atoms with Crippen LogP contribution in [-0.4, -0.2) is 11.5 Å². The highest BCUT2D eigenvalue weighted by molar-refractivity contribution is 5.31. The monoisotopic (exact) mass is 244 g/mol. The molecule has 3 heteroatoms. The molecule has 0 fully saturated rings. The Bertz CT molecular complexity index is 464. The number of hydrogen-bond donors (Lipinski definition) is 1. The predicted octanol–water partition coefficient (Wildman–Crippen LogP) is 3.33. The van der Waals surface area contributed by atoms with Crippen LogP contribution in [0.1, 0.15) is 43.2 Å². The van der Waals surface area contributed by atoms with E-state index in [-0.39, 0.29) is 6.04 Å². The van der Waals surface area contributed by atoms with Crippen LogP contribution < -0.4 is 5.32 Å². The van der Waals surface area contributed by atoms with Gasteiger partial charge in [-0.25, -0.2) is 0 Å². The summed E-state index contributed by atoms with van der Waals surface area (Å²) in [5, 5.41) is 3.56. The van der Waals surface area contributed by atoms with Crippen LogP contribution in [0.15, 0.2) is 41.3 Å². The number of nitrogens with zero attached hydrogens (tertiary/aromatic N) is 1. The minimum Gasteiger partial charge on any atom is -0.469 e. The molecule has 2 aromatic heterocycles. The quantitative estimate of drug-likeness (QED) is 0.847. The van der Waals surface area contributed by atoms with Gasteiger partial charge in [-0.1, -0.05) is 19.9 Å². The Kier molecular flexibility index (Phi) is 4.53. The largest absolute Gasteiger partial charge is 0.469 e. The normalized spacial score (nSPS) is 12.6. The van der Waals surface area contributed by atoms with Gasteiger partial charge in [0.1, 0.15) is 5.76 Å². The lowest BCUT2D eigenvalue weighted by Crippen LogP contribution is -2.23. The SMILES string of the molecule is CCCNC(c1cccnc1)c1ccoc1CC. The molecule has 1 N–H and O–H groups in total. The van der Waals surface area contributed by atoms with Gasteiger partial charge in [0.05, 0.1) is 12.3 Å². The zero-order valence-electron chi connectivity index (χ0n) is 11.0. The van der Waals surface area contributed by atoms with E-state index in [1.807, 2.05) is 12.3 Å². The van der Waals surface area contributed by atoms with E-state index in [4.69, 9.17) is 4.42 Å². The highest BCUT2D eigenvalue weighted by Crippen LogP contribution is 2.25. The van der Waals surface area contributed by atoms with Crippen molar-refractivity contribution in [3.05, 3.63) is 53.7 Å². The Morgan fingerprint density at radius 1 is 1.33 bits per heavy atom. The molecule has 1 unspecified atom stereocenters. The molecule has 2 heterocycles. The fraction of sp³-hybridized carbons (Fsp3) is 0.400. The van der Waals surface area contributed by atoms with E-state index < -0.39 is 0 Å². The molecule has 2 aromatic rings. The van der Waals surface area contributed by atoms with Crippen molar-refractivity contribution in [2.24, 2.45) is 0 Å². The lowest BCUT2D eigenvalue weighted by atomic mass is 9.99. The van der Waals surface area contributed by atoms with Crippen molar-refractivity contribution in [1.82, 2.24) is 10.3 Å². The summed E-state index contributed by atoms with van der Waals surface area (Å²) in [5.74, 6) is 1.05. The molecule has 0 bridgehead atoms. The summed E-state index contributed by atoms with van der Waals surface area (Å²) >= 11 is 0. The molecule has 0 aliphatic carbocycles. The number of rotatable bonds is 6. The first-order valence-corrected chi connectivity index (χ1v) is 6.56. The number of pyridine rings is 1. The standard InChI is InChI=1S/C15H20N2O/c1-3-8-17-15(12-6-5-9-16-11-12)13-7-10-18-14(13)4-2/h5-7,9-11,15,17H,3-4,8H2,1-2H3. The Morgan fingerprint density at radius 2 is 2.22 bits per heavy atom. The maximum atomic E-state index is 5.54. The molecule has 0 aliphatic heterocycles. The van der Waals surface area contributed by atoms with Gasteiger partial charge in [0, 0.05) is 24.4 Å². The van der Waals surface area contributed by atoms with E-state index >= 15 is 0 Å². The van der Waals surface area contributed by atoms with Crippen molar-refractivity contribution in [2.45, 2.75) is 32.7 Å². The zero-order valence-corrected chi connectivity index (χ0v) is 11.0. The van der Waals surface area contributed by atoms with Crippen molar-refractivity contribution < 1.29 is 4.42 Å². The minimum atomic E-state index is 0.173. The van der Waals surface area contributed by atoms with E-state index in [0.29, 0.717) is 0 Å². The first-order valence-electron chi connectivity index (χ1n) is 6.56. The Labute approximate surface area is 108 Å². The Morgan fingerprint density at radius 3 is 2.89 bits per heavy atom. The van der Waals surface area contributed by atoms with Gasteiger partial charge in [0.2, 0.25) is 0 Å². The molecule has 3 nitrogen and oxygen atoms in total. The van der Waals surface area contributed by atoms with Gasteiger partial charge in [-0.05, 0) is 30.7 Å². The van der Waals surface area contributed by atoms with Gasteiger partial charge >= 0.3 is 0 Å². The summed E-state index contributed by atoms with van der Waals surface area (Å²) in [7, 11) is 0. The Hall–Kier alpha value is -1.61. The number of nitrogens with one attached hydrogen (secondary N) is 1. The summed E-state index contributed by atoms with van der Waals surface area (Å²) in [6.45, 7) is 5.26. The second-order valence-electron chi connectivity index (χ2n) is 4.33. The van der Waals surface area contributed by atoms with Gasteiger partial charge in [-0.3, -0.25) is 4.98 Å². The van der Waals surface area contributed by atoms with Crippen molar-refractivity contribution in [3.8, 4) is 0 Å². The van der Waals surface area contributed by atoms with E-state index in [9.17, 15) is 0 Å². The van der Waals surface area contributed by atoms with Gasteiger partial charge < -0.3 is 9.73 Å². The van der Waals surface area contributed by atoms with Crippen LogP contribution in [0.2, 0.25) is 0 Å². The van der Waals surface area contributed by atoms with Crippen LogP contribution in [0.3, 0.4) is 0 Å². The molecule has 0 aliphatic rings. The maximum Gasteiger partial charge on any atom is 0.108 e. The summed E-state index contributed by atoms with van der Waals surface area (Å²) in [6, 6.07) is 6.31. The number of furan rings is 1. The van der Waals surface area contributed by atoms with Crippen LogP contribution in [0.4, 0.5) is 0 Å². The van der Waals surface area contributed by atoms with Crippen molar-refractivity contribution in [3.63, 3.8) is 0 Å². The molecular weight excluding hydrogens is 224 g/mol. The first-order chi connectivity index (χ1) is 8.86. The summed E-state index contributed by atoms with van der Waals surface area (Å²) in [4.78, 5) is 4.21. The van der Waals surface area contributed by atoms with Crippen molar-refractivity contribution in [2.75, 3.05) is 6.54 Å². The van der Waals surface area contributed by atoms with Crippen molar-refractivity contribution >= 4 is 0 Å².